The molecule has 0 aliphatic carbocycles. The third-order valence-electron chi connectivity index (χ3n) is 3.97. The summed E-state index contributed by atoms with van der Waals surface area (Å²) in [4.78, 5) is 23.1. The van der Waals surface area contributed by atoms with E-state index in [1.54, 1.807) is 18.6 Å². The van der Waals surface area contributed by atoms with Crippen LogP contribution in [0.25, 0.3) is 28.2 Å². The second-order valence-electron chi connectivity index (χ2n) is 7.63. The molecule has 0 saturated heterocycles. The summed E-state index contributed by atoms with van der Waals surface area (Å²) in [5.41, 5.74) is 8.20. The van der Waals surface area contributed by atoms with Gasteiger partial charge in [0.1, 0.15) is 17.3 Å². The van der Waals surface area contributed by atoms with E-state index < -0.39 is 5.91 Å². The van der Waals surface area contributed by atoms with E-state index in [9.17, 15) is 4.79 Å². The van der Waals surface area contributed by atoms with Crippen LogP contribution in [0, 0.1) is 16.7 Å². The fraction of sp³-hybridized carbons (Fsp3) is 0.238. The second-order valence-corrected chi connectivity index (χ2v) is 7.63. The van der Waals surface area contributed by atoms with Crippen LogP contribution in [0.15, 0.2) is 42.4 Å². The molecule has 3 N–H and O–H groups in total. The van der Waals surface area contributed by atoms with E-state index in [0.717, 1.165) is 16.5 Å². The minimum absolute atomic E-state index is 0.0563. The number of rotatable bonds is 5. The van der Waals surface area contributed by atoms with Gasteiger partial charge in [-0.2, -0.15) is 5.26 Å². The maximum Gasteiger partial charge on any atom is 0.259 e. The lowest BCUT2D eigenvalue weighted by atomic mass is 9.99. The molecule has 142 valence electrons. The molecule has 28 heavy (non-hydrogen) atoms. The molecule has 0 spiro atoms. The van der Waals surface area contributed by atoms with Crippen molar-refractivity contribution >= 4 is 23.0 Å². The van der Waals surface area contributed by atoms with Crippen molar-refractivity contribution in [2.24, 2.45) is 11.1 Å². The van der Waals surface area contributed by atoms with E-state index in [2.05, 4.69) is 35.7 Å². The largest absolute Gasteiger partial charge is 0.477 e. The molecule has 0 unspecified atom stereocenters. The van der Waals surface area contributed by atoms with Gasteiger partial charge in [-0.3, -0.25) is 4.79 Å². The van der Waals surface area contributed by atoms with Gasteiger partial charge in [0.2, 0.25) is 5.88 Å². The highest BCUT2D eigenvalue weighted by atomic mass is 16.5. The Kier molecular flexibility index (Phi) is 5.14. The number of nitrogens with zero attached hydrogens (tertiary/aromatic N) is 3. The van der Waals surface area contributed by atoms with E-state index in [4.69, 9.17) is 15.7 Å². The number of hydrogen-bond donors (Lipinski definition) is 2. The lowest BCUT2D eigenvalue weighted by molar-refractivity contribution is -0.114. The summed E-state index contributed by atoms with van der Waals surface area (Å²) in [7, 11) is 0. The summed E-state index contributed by atoms with van der Waals surface area (Å²) in [6.07, 6.45) is 6.60. The van der Waals surface area contributed by atoms with Gasteiger partial charge in [-0.15, -0.1) is 0 Å². The van der Waals surface area contributed by atoms with Crippen LogP contribution in [0.4, 0.5) is 0 Å². The van der Waals surface area contributed by atoms with Crippen molar-refractivity contribution in [3.8, 4) is 23.1 Å². The zero-order valence-corrected chi connectivity index (χ0v) is 16.0. The molecule has 0 aliphatic heterocycles. The van der Waals surface area contributed by atoms with Gasteiger partial charge in [0.15, 0.2) is 0 Å². The third-order valence-corrected chi connectivity index (χ3v) is 3.97. The summed E-state index contributed by atoms with van der Waals surface area (Å²) in [6, 6.07) is 7.47. The maximum atomic E-state index is 11.3. The summed E-state index contributed by atoms with van der Waals surface area (Å²) in [5, 5.41) is 9.83. The van der Waals surface area contributed by atoms with Crippen LogP contribution in [-0.2, 0) is 4.79 Å². The van der Waals surface area contributed by atoms with Crippen LogP contribution in [0.5, 0.6) is 5.88 Å². The second kappa shape index (κ2) is 7.53. The van der Waals surface area contributed by atoms with E-state index >= 15 is 0 Å². The number of H-pyrrole nitrogens is 1. The summed E-state index contributed by atoms with van der Waals surface area (Å²) in [6.45, 7) is 6.87. The minimum atomic E-state index is -0.768. The number of aromatic amines is 1. The lowest BCUT2D eigenvalue weighted by Gasteiger charge is -2.18. The van der Waals surface area contributed by atoms with Crippen molar-refractivity contribution in [2.45, 2.75) is 20.8 Å². The first-order chi connectivity index (χ1) is 13.3. The van der Waals surface area contributed by atoms with E-state index in [-0.39, 0.29) is 11.0 Å². The predicted molar refractivity (Wildman–Crippen MR) is 107 cm³/mol. The van der Waals surface area contributed by atoms with Crippen LogP contribution < -0.4 is 10.5 Å². The number of carbonyl (C=O) groups is 1. The molecule has 1 amide bonds. The van der Waals surface area contributed by atoms with Crippen molar-refractivity contribution in [3.63, 3.8) is 0 Å². The molecule has 3 aromatic rings. The Bertz CT molecular complexity index is 1080. The molecule has 0 bridgehead atoms. The Labute approximate surface area is 162 Å². The minimum Gasteiger partial charge on any atom is -0.477 e. The van der Waals surface area contributed by atoms with Crippen LogP contribution in [0.2, 0.25) is 0 Å². The zero-order valence-electron chi connectivity index (χ0n) is 16.0. The summed E-state index contributed by atoms with van der Waals surface area (Å²) in [5.74, 6) is -0.200. The molecular weight excluding hydrogens is 354 g/mol. The summed E-state index contributed by atoms with van der Waals surface area (Å²) < 4.78 is 5.70. The van der Waals surface area contributed by atoms with Crippen LogP contribution in [0.3, 0.4) is 0 Å². The number of nitrogens with two attached hydrogens (primary N) is 1. The van der Waals surface area contributed by atoms with Crippen molar-refractivity contribution in [2.75, 3.05) is 6.61 Å². The monoisotopic (exact) mass is 375 g/mol. The first-order valence-corrected chi connectivity index (χ1v) is 8.75. The van der Waals surface area contributed by atoms with E-state index in [0.29, 0.717) is 23.7 Å². The number of carbonyl (C=O) groups excluding carboxylic acids is 1. The molecule has 7 nitrogen and oxygen atoms in total. The Morgan fingerprint density at radius 2 is 2.04 bits per heavy atom. The maximum absolute atomic E-state index is 11.3. The fourth-order valence-electron chi connectivity index (χ4n) is 2.54. The first-order valence-electron chi connectivity index (χ1n) is 8.75. The first kappa shape index (κ1) is 19.1. The van der Waals surface area contributed by atoms with Crippen LogP contribution in [-0.4, -0.2) is 27.5 Å². The topological polar surface area (TPSA) is 118 Å². The van der Waals surface area contributed by atoms with Crippen LogP contribution >= 0.6 is 0 Å². The standard InChI is InChI=1S/C21H21N5O2/c1-21(2,3)12-28-18-5-4-13(9-24-18)15-7-17-16(6-14(8-22)19(23)27)11-26-20(17)25-10-15/h4-7,9-11H,12H2,1-3H3,(H2,23,27)(H,25,26). The predicted octanol–water partition coefficient (Wildman–Crippen LogP) is 3.44. The highest BCUT2D eigenvalue weighted by Gasteiger charge is 2.12. The number of fused-ring (bicyclic) bond motifs is 1. The average Bonchev–Trinajstić information content (AvgIpc) is 3.06. The van der Waals surface area contributed by atoms with Gasteiger partial charge in [-0.1, -0.05) is 20.8 Å². The number of ether oxygens (including phenoxy) is 1. The number of aromatic nitrogens is 3. The molecule has 0 aliphatic rings. The number of nitrogens with one attached hydrogen (secondary N) is 1. The number of primary amides is 1. The molecule has 0 aromatic carbocycles. The highest BCUT2D eigenvalue weighted by molar-refractivity contribution is 6.03. The van der Waals surface area contributed by atoms with Gasteiger partial charge in [-0.05, 0) is 23.6 Å². The van der Waals surface area contributed by atoms with Crippen molar-refractivity contribution < 1.29 is 9.53 Å². The lowest BCUT2D eigenvalue weighted by Crippen LogP contribution is -2.17. The molecule has 0 fully saturated rings. The molecule has 3 heterocycles. The average molecular weight is 375 g/mol. The van der Waals surface area contributed by atoms with E-state index in [1.165, 1.54) is 6.08 Å². The molecule has 3 aromatic heterocycles. The Hall–Kier alpha value is -3.66. The normalized spacial score (nSPS) is 12.0. The van der Waals surface area contributed by atoms with Crippen molar-refractivity contribution in [1.29, 1.82) is 5.26 Å². The van der Waals surface area contributed by atoms with Crippen LogP contribution in [0.1, 0.15) is 26.3 Å². The Balaban J connectivity index is 1.91. The molecule has 7 heteroatoms. The number of hydrogen-bond acceptors (Lipinski definition) is 5. The summed E-state index contributed by atoms with van der Waals surface area (Å²) >= 11 is 0. The molecular formula is C21H21N5O2. The fourth-order valence-corrected chi connectivity index (χ4v) is 2.54. The van der Waals surface area contributed by atoms with Crippen molar-refractivity contribution in [3.05, 3.63) is 47.9 Å². The molecule has 0 atom stereocenters. The number of amides is 1. The third kappa shape index (κ3) is 4.35. The van der Waals surface area contributed by atoms with Gasteiger partial charge < -0.3 is 15.5 Å². The van der Waals surface area contributed by atoms with Gasteiger partial charge in [0, 0.05) is 46.7 Å². The zero-order chi connectivity index (χ0) is 20.3. The van der Waals surface area contributed by atoms with Crippen molar-refractivity contribution in [1.82, 2.24) is 15.0 Å². The SMILES string of the molecule is CC(C)(C)COc1ccc(-c2cnc3[nH]cc(C=C(C#N)C(N)=O)c3c2)cn1. The Morgan fingerprint density at radius 3 is 2.64 bits per heavy atom. The highest BCUT2D eigenvalue weighted by Crippen LogP contribution is 2.26. The van der Waals surface area contributed by atoms with Gasteiger partial charge in [-0.25, -0.2) is 9.97 Å². The van der Waals surface area contributed by atoms with Gasteiger partial charge in [0.05, 0.1) is 6.61 Å². The molecule has 3 rings (SSSR count). The van der Waals surface area contributed by atoms with Gasteiger partial charge >= 0.3 is 0 Å². The number of pyridine rings is 2. The Morgan fingerprint density at radius 1 is 1.29 bits per heavy atom. The number of nitriles is 1. The molecule has 0 radical (unpaired) electrons. The van der Waals surface area contributed by atoms with Gasteiger partial charge in [0.25, 0.3) is 5.91 Å². The van der Waals surface area contributed by atoms with E-state index in [1.807, 2.05) is 24.3 Å². The smallest absolute Gasteiger partial charge is 0.259 e. The molecule has 0 saturated carbocycles. The quantitative estimate of drug-likeness (QED) is 0.523.